The van der Waals surface area contributed by atoms with Gasteiger partial charge >= 0.3 is 0 Å². The molecule has 2 heterocycles. The van der Waals surface area contributed by atoms with Crippen LogP contribution in [0.5, 0.6) is 0 Å². The zero-order chi connectivity index (χ0) is 15.8. The lowest BCUT2D eigenvalue weighted by Crippen LogP contribution is -2.31. The molecule has 0 saturated carbocycles. The summed E-state index contributed by atoms with van der Waals surface area (Å²) < 4.78 is 22.9. The maximum absolute atomic E-state index is 12.6. The van der Waals surface area contributed by atoms with Crippen molar-refractivity contribution in [1.82, 2.24) is 4.90 Å². The van der Waals surface area contributed by atoms with E-state index in [4.69, 9.17) is 5.14 Å². The van der Waals surface area contributed by atoms with Gasteiger partial charge in [0.25, 0.3) is 5.91 Å². The second kappa shape index (κ2) is 5.70. The van der Waals surface area contributed by atoms with Gasteiger partial charge in [-0.3, -0.25) is 4.79 Å². The van der Waals surface area contributed by atoms with Gasteiger partial charge in [0.15, 0.2) is 0 Å². The molecule has 2 rings (SSSR count). The van der Waals surface area contributed by atoms with Gasteiger partial charge in [0.1, 0.15) is 0 Å². The third-order valence-corrected chi connectivity index (χ3v) is 6.22. The standard InChI is InChI=1S/C14H22N2O3S2/c1-10-12(21(15,18)19)9-11(20-10)13(17)16-7-4-5-14(2,3)6-8-16/h9H,4-8H2,1-3H3,(H2,15,18,19). The number of nitrogens with two attached hydrogens (primary N) is 1. The fourth-order valence-electron chi connectivity index (χ4n) is 2.64. The zero-order valence-electron chi connectivity index (χ0n) is 12.7. The molecular weight excluding hydrogens is 308 g/mol. The minimum Gasteiger partial charge on any atom is -0.338 e. The van der Waals surface area contributed by atoms with E-state index in [0.717, 1.165) is 25.8 Å². The topological polar surface area (TPSA) is 80.5 Å². The Labute approximate surface area is 130 Å². The summed E-state index contributed by atoms with van der Waals surface area (Å²) in [7, 11) is -3.76. The Morgan fingerprint density at radius 3 is 2.57 bits per heavy atom. The number of carbonyl (C=O) groups is 1. The molecule has 0 aromatic carbocycles. The predicted molar refractivity (Wildman–Crippen MR) is 84.0 cm³/mol. The van der Waals surface area contributed by atoms with Gasteiger partial charge in [0.2, 0.25) is 10.0 Å². The first kappa shape index (κ1) is 16.5. The molecular formula is C14H22N2O3S2. The molecule has 7 heteroatoms. The highest BCUT2D eigenvalue weighted by Gasteiger charge is 2.27. The highest BCUT2D eigenvalue weighted by molar-refractivity contribution is 7.89. The van der Waals surface area contributed by atoms with Crippen LogP contribution in [0.4, 0.5) is 0 Å². The van der Waals surface area contributed by atoms with Crippen LogP contribution in [0.25, 0.3) is 0 Å². The predicted octanol–water partition coefficient (Wildman–Crippen LogP) is 2.36. The molecule has 0 spiro atoms. The number of amides is 1. The van der Waals surface area contributed by atoms with E-state index >= 15 is 0 Å². The van der Waals surface area contributed by atoms with E-state index in [0.29, 0.717) is 16.3 Å². The van der Waals surface area contributed by atoms with Crippen LogP contribution < -0.4 is 5.14 Å². The summed E-state index contributed by atoms with van der Waals surface area (Å²) in [6, 6.07) is 1.41. The Hall–Kier alpha value is -0.920. The highest BCUT2D eigenvalue weighted by atomic mass is 32.2. The van der Waals surface area contributed by atoms with E-state index < -0.39 is 10.0 Å². The molecule has 0 aliphatic carbocycles. The van der Waals surface area contributed by atoms with Gasteiger partial charge in [-0.15, -0.1) is 11.3 Å². The van der Waals surface area contributed by atoms with Crippen LogP contribution in [0.15, 0.2) is 11.0 Å². The van der Waals surface area contributed by atoms with Gasteiger partial charge in [-0.25, -0.2) is 13.6 Å². The number of sulfonamides is 1. The normalized spacial score (nSPS) is 19.3. The summed E-state index contributed by atoms with van der Waals surface area (Å²) in [6.45, 7) is 7.55. The Morgan fingerprint density at radius 2 is 2.00 bits per heavy atom. The highest BCUT2D eigenvalue weighted by Crippen LogP contribution is 2.31. The number of likely N-dealkylation sites (tertiary alicyclic amines) is 1. The van der Waals surface area contributed by atoms with Crippen LogP contribution in [0.1, 0.15) is 47.7 Å². The Balaban J connectivity index is 2.21. The first-order chi connectivity index (χ1) is 9.60. The Kier molecular flexibility index (Phi) is 4.46. The molecule has 1 aliphatic rings. The van der Waals surface area contributed by atoms with Crippen molar-refractivity contribution < 1.29 is 13.2 Å². The van der Waals surface area contributed by atoms with E-state index in [1.807, 2.05) is 4.90 Å². The van der Waals surface area contributed by atoms with Crippen molar-refractivity contribution in [2.45, 2.75) is 44.9 Å². The molecule has 1 aromatic heterocycles. The smallest absolute Gasteiger partial charge is 0.263 e. The van der Waals surface area contributed by atoms with Crippen LogP contribution in [0, 0.1) is 12.3 Å². The summed E-state index contributed by atoms with van der Waals surface area (Å²) in [5.74, 6) is -0.0873. The molecule has 1 amide bonds. The maximum Gasteiger partial charge on any atom is 0.263 e. The van der Waals surface area contributed by atoms with Crippen LogP contribution in [0.3, 0.4) is 0 Å². The molecule has 1 fully saturated rings. The summed E-state index contributed by atoms with van der Waals surface area (Å²) in [5, 5.41) is 5.16. The largest absolute Gasteiger partial charge is 0.338 e. The average molecular weight is 330 g/mol. The fourth-order valence-corrected chi connectivity index (χ4v) is 4.75. The third-order valence-electron chi connectivity index (χ3n) is 4.02. The van der Waals surface area contributed by atoms with E-state index in [2.05, 4.69) is 13.8 Å². The first-order valence-electron chi connectivity index (χ1n) is 7.03. The number of nitrogens with zero attached hydrogens (tertiary/aromatic N) is 1. The molecule has 0 atom stereocenters. The number of rotatable bonds is 2. The Morgan fingerprint density at radius 1 is 1.33 bits per heavy atom. The fraction of sp³-hybridized carbons (Fsp3) is 0.643. The average Bonchev–Trinajstić information content (AvgIpc) is 2.65. The first-order valence-corrected chi connectivity index (χ1v) is 9.39. The second-order valence-electron chi connectivity index (χ2n) is 6.39. The van der Waals surface area contributed by atoms with E-state index in [1.54, 1.807) is 6.92 Å². The van der Waals surface area contributed by atoms with Gasteiger partial charge in [0.05, 0.1) is 9.77 Å². The number of hydrogen-bond donors (Lipinski definition) is 1. The lowest BCUT2D eigenvalue weighted by atomic mass is 9.85. The van der Waals surface area contributed by atoms with Crippen molar-refractivity contribution in [3.8, 4) is 0 Å². The SMILES string of the molecule is Cc1sc(C(=O)N2CCCC(C)(C)CC2)cc1S(N)(=O)=O. The number of thiophene rings is 1. The van der Waals surface area contributed by atoms with E-state index in [-0.39, 0.29) is 16.2 Å². The van der Waals surface area contributed by atoms with Crippen LogP contribution >= 0.6 is 11.3 Å². The molecule has 2 N–H and O–H groups in total. The number of aryl methyl sites for hydroxylation is 1. The zero-order valence-corrected chi connectivity index (χ0v) is 14.3. The minimum absolute atomic E-state index is 0.0611. The van der Waals surface area contributed by atoms with E-state index in [1.165, 1.54) is 17.4 Å². The number of hydrogen-bond acceptors (Lipinski definition) is 4. The van der Waals surface area contributed by atoms with Crippen LogP contribution in [-0.4, -0.2) is 32.3 Å². The number of carbonyl (C=O) groups excluding carboxylic acids is 1. The molecule has 5 nitrogen and oxygen atoms in total. The van der Waals surface area contributed by atoms with Gasteiger partial charge in [-0.2, -0.15) is 0 Å². The van der Waals surface area contributed by atoms with Crippen molar-refractivity contribution in [1.29, 1.82) is 0 Å². The van der Waals surface area contributed by atoms with Crippen molar-refractivity contribution in [2.75, 3.05) is 13.1 Å². The van der Waals surface area contributed by atoms with Crippen molar-refractivity contribution in [3.63, 3.8) is 0 Å². The summed E-state index contributed by atoms with van der Waals surface area (Å²) in [4.78, 5) is 15.5. The number of primary sulfonamides is 1. The Bertz CT molecular complexity index is 647. The molecule has 0 bridgehead atoms. The van der Waals surface area contributed by atoms with Gasteiger partial charge in [-0.05, 0) is 37.7 Å². The van der Waals surface area contributed by atoms with Crippen molar-refractivity contribution in [2.24, 2.45) is 10.6 Å². The third kappa shape index (κ3) is 3.84. The van der Waals surface area contributed by atoms with Crippen LogP contribution in [0.2, 0.25) is 0 Å². The summed E-state index contributed by atoms with van der Waals surface area (Å²) in [5.41, 5.74) is 0.256. The second-order valence-corrected chi connectivity index (χ2v) is 9.17. The summed E-state index contributed by atoms with van der Waals surface area (Å²) in [6.07, 6.45) is 3.04. The molecule has 0 unspecified atom stereocenters. The van der Waals surface area contributed by atoms with Gasteiger partial charge < -0.3 is 4.90 Å². The molecule has 0 radical (unpaired) electrons. The quantitative estimate of drug-likeness (QED) is 0.904. The minimum atomic E-state index is -3.76. The lowest BCUT2D eigenvalue weighted by molar-refractivity contribution is 0.0762. The maximum atomic E-state index is 12.6. The lowest BCUT2D eigenvalue weighted by Gasteiger charge is -2.23. The molecule has 1 aromatic rings. The van der Waals surface area contributed by atoms with Gasteiger partial charge in [-0.1, -0.05) is 13.8 Å². The molecule has 118 valence electrons. The molecule has 21 heavy (non-hydrogen) atoms. The molecule has 1 aliphatic heterocycles. The molecule has 1 saturated heterocycles. The van der Waals surface area contributed by atoms with Crippen molar-refractivity contribution in [3.05, 3.63) is 15.8 Å². The van der Waals surface area contributed by atoms with Crippen LogP contribution in [-0.2, 0) is 10.0 Å². The van der Waals surface area contributed by atoms with E-state index in [9.17, 15) is 13.2 Å². The monoisotopic (exact) mass is 330 g/mol. The van der Waals surface area contributed by atoms with Crippen molar-refractivity contribution >= 4 is 27.3 Å². The van der Waals surface area contributed by atoms with Gasteiger partial charge in [0, 0.05) is 18.0 Å². The summed E-state index contributed by atoms with van der Waals surface area (Å²) >= 11 is 1.20.